The molecule has 0 bridgehead atoms. The van der Waals surface area contributed by atoms with Gasteiger partial charge in [-0.25, -0.2) is 4.98 Å². The molecule has 0 N–H and O–H groups in total. The van der Waals surface area contributed by atoms with Crippen molar-refractivity contribution in [3.63, 3.8) is 0 Å². The lowest BCUT2D eigenvalue weighted by Crippen LogP contribution is -2.55. The van der Waals surface area contributed by atoms with E-state index in [9.17, 15) is 4.79 Å². The Hall–Kier alpha value is -2.44. The third-order valence-corrected chi connectivity index (χ3v) is 8.13. The van der Waals surface area contributed by atoms with Crippen molar-refractivity contribution in [1.29, 1.82) is 0 Å². The molecule has 0 saturated carbocycles. The van der Waals surface area contributed by atoms with Crippen LogP contribution in [0.5, 0.6) is 0 Å². The van der Waals surface area contributed by atoms with Crippen LogP contribution in [0.25, 0.3) is 0 Å². The number of rotatable bonds is 9. The van der Waals surface area contributed by atoms with Crippen LogP contribution in [-0.2, 0) is 11.2 Å². The predicted octanol–water partition coefficient (Wildman–Crippen LogP) is 4.93. The number of allylic oxidation sites excluding steroid dienone is 4. The van der Waals surface area contributed by atoms with Gasteiger partial charge in [-0.3, -0.25) is 9.69 Å². The minimum Gasteiger partial charge on any atom is -0.369 e. The fourth-order valence-electron chi connectivity index (χ4n) is 5.96. The average molecular weight is 508 g/mol. The number of piperidine rings is 1. The van der Waals surface area contributed by atoms with E-state index in [-0.39, 0.29) is 5.54 Å². The Labute approximate surface area is 225 Å². The smallest absolute Gasteiger partial charge is 0.150 e. The van der Waals surface area contributed by atoms with Gasteiger partial charge >= 0.3 is 0 Å². The third kappa shape index (κ3) is 7.32. The molecule has 2 aliphatic rings. The standard InChI is InChI=1S/C31H49N5O/c1-9-29(35(10-2)28-15-16-36(24(3)21-28)31(5,6)7)25(4)27(23-37)13-11-26-12-14-30(32-22-26)34-19-17-33(8)18-20-34/h9,12-14,22-24,28H,1,10-11,15-21H2,2-8H3/b27-13-,29-25+. The summed E-state index contributed by atoms with van der Waals surface area (Å²) in [5.41, 5.74) is 4.10. The Morgan fingerprint density at radius 2 is 1.89 bits per heavy atom. The lowest BCUT2D eigenvalue weighted by Gasteiger charge is -2.48. The Morgan fingerprint density at radius 1 is 1.19 bits per heavy atom. The van der Waals surface area contributed by atoms with Gasteiger partial charge in [0.15, 0.2) is 0 Å². The molecule has 2 unspecified atom stereocenters. The van der Waals surface area contributed by atoms with Crippen LogP contribution in [0.15, 0.2) is 53.9 Å². The molecule has 2 saturated heterocycles. The van der Waals surface area contributed by atoms with Crippen LogP contribution >= 0.6 is 0 Å². The first-order valence-corrected chi connectivity index (χ1v) is 14.0. The number of carbonyl (C=O) groups is 1. The van der Waals surface area contributed by atoms with Gasteiger partial charge in [-0.2, -0.15) is 0 Å². The van der Waals surface area contributed by atoms with E-state index < -0.39 is 0 Å². The maximum atomic E-state index is 12.2. The summed E-state index contributed by atoms with van der Waals surface area (Å²) in [5.74, 6) is 1.03. The number of pyridine rings is 1. The van der Waals surface area contributed by atoms with Crippen molar-refractivity contribution >= 4 is 12.1 Å². The fraction of sp³-hybridized carbons (Fsp3) is 0.613. The normalized spacial score (nSPS) is 23.0. The zero-order valence-electron chi connectivity index (χ0n) is 24.3. The van der Waals surface area contributed by atoms with Gasteiger partial charge in [-0.15, -0.1) is 0 Å². The van der Waals surface area contributed by atoms with E-state index >= 15 is 0 Å². The summed E-state index contributed by atoms with van der Waals surface area (Å²) < 4.78 is 0. The first-order valence-electron chi connectivity index (χ1n) is 14.0. The minimum absolute atomic E-state index is 0.180. The Bertz CT molecular complexity index is 966. The number of carbonyl (C=O) groups excluding carboxylic acids is 1. The second kappa shape index (κ2) is 12.9. The summed E-state index contributed by atoms with van der Waals surface area (Å²) in [6, 6.07) is 5.20. The molecule has 1 aromatic heterocycles. The van der Waals surface area contributed by atoms with E-state index in [0.29, 0.717) is 18.5 Å². The second-order valence-corrected chi connectivity index (χ2v) is 11.7. The van der Waals surface area contributed by atoms with Crippen LogP contribution in [0, 0.1) is 0 Å². The highest BCUT2D eigenvalue weighted by molar-refractivity contribution is 5.80. The number of nitrogens with zero attached hydrogens (tertiary/aromatic N) is 5. The zero-order chi connectivity index (χ0) is 27.2. The van der Waals surface area contributed by atoms with E-state index in [1.807, 2.05) is 18.3 Å². The number of aldehydes is 1. The molecular formula is C31H49N5O. The van der Waals surface area contributed by atoms with Crippen molar-refractivity contribution in [3.05, 3.63) is 59.5 Å². The monoisotopic (exact) mass is 507 g/mol. The Morgan fingerprint density at radius 3 is 2.41 bits per heavy atom. The molecule has 6 heteroatoms. The average Bonchev–Trinajstić information content (AvgIpc) is 2.87. The van der Waals surface area contributed by atoms with Crippen molar-refractivity contribution in [3.8, 4) is 0 Å². The molecule has 0 radical (unpaired) electrons. The van der Waals surface area contributed by atoms with E-state index in [1.54, 1.807) is 0 Å². The summed E-state index contributed by atoms with van der Waals surface area (Å²) >= 11 is 0. The largest absolute Gasteiger partial charge is 0.369 e. The molecule has 1 aromatic rings. The highest BCUT2D eigenvalue weighted by Gasteiger charge is 2.34. The third-order valence-electron chi connectivity index (χ3n) is 8.13. The quantitative estimate of drug-likeness (QED) is 0.268. The van der Waals surface area contributed by atoms with Gasteiger partial charge in [-0.1, -0.05) is 18.7 Å². The molecule has 0 aromatic carbocycles. The Balaban J connectivity index is 1.73. The first kappa shape index (κ1) is 29.1. The number of aromatic nitrogens is 1. The van der Waals surface area contributed by atoms with Crippen LogP contribution in [0.3, 0.4) is 0 Å². The maximum Gasteiger partial charge on any atom is 0.150 e. The molecule has 0 aliphatic carbocycles. The second-order valence-electron chi connectivity index (χ2n) is 11.7. The molecule has 0 spiro atoms. The van der Waals surface area contributed by atoms with Gasteiger partial charge in [-0.05, 0) is 91.1 Å². The molecule has 2 fully saturated rings. The highest BCUT2D eigenvalue weighted by Crippen LogP contribution is 2.31. The van der Waals surface area contributed by atoms with Crippen LogP contribution in [0.2, 0.25) is 0 Å². The van der Waals surface area contributed by atoms with Gasteiger partial charge in [0.1, 0.15) is 12.1 Å². The summed E-state index contributed by atoms with van der Waals surface area (Å²) in [6.07, 6.45) is 9.82. The van der Waals surface area contributed by atoms with Gasteiger partial charge in [0.05, 0.1) is 0 Å². The van der Waals surface area contributed by atoms with Crippen LogP contribution in [-0.4, -0.2) is 89.9 Å². The SMILES string of the molecule is C=C/C(=C(C)\C(C=O)=C/Cc1ccc(N2CCN(C)CC2)nc1)N(CC)C1CCN(C(C)(C)C)C(C)C1. The number of piperazine rings is 1. The zero-order valence-corrected chi connectivity index (χ0v) is 24.3. The van der Waals surface area contributed by atoms with Gasteiger partial charge in [0.25, 0.3) is 0 Å². The fourth-order valence-corrected chi connectivity index (χ4v) is 5.96. The molecule has 0 amide bonds. The number of hydrogen-bond donors (Lipinski definition) is 0. The van der Waals surface area contributed by atoms with E-state index in [2.05, 4.69) is 86.9 Å². The molecule has 204 valence electrons. The van der Waals surface area contributed by atoms with Crippen molar-refractivity contribution in [2.24, 2.45) is 0 Å². The summed E-state index contributed by atoms with van der Waals surface area (Å²) in [5, 5.41) is 0. The summed E-state index contributed by atoms with van der Waals surface area (Å²) in [4.78, 5) is 26.6. The minimum atomic E-state index is 0.180. The number of hydrogen-bond acceptors (Lipinski definition) is 6. The first-order chi connectivity index (χ1) is 17.6. The number of likely N-dealkylation sites (N-methyl/N-ethyl adjacent to an activating group) is 2. The van der Waals surface area contributed by atoms with E-state index in [0.717, 1.165) is 86.6 Å². The van der Waals surface area contributed by atoms with E-state index in [1.165, 1.54) is 0 Å². The lowest BCUT2D eigenvalue weighted by molar-refractivity contribution is -0.104. The van der Waals surface area contributed by atoms with Crippen molar-refractivity contribution in [2.75, 3.05) is 51.2 Å². The summed E-state index contributed by atoms with van der Waals surface area (Å²) in [6.45, 7) is 23.8. The molecule has 2 aliphatic heterocycles. The van der Waals surface area contributed by atoms with Crippen molar-refractivity contribution in [1.82, 2.24) is 19.7 Å². The van der Waals surface area contributed by atoms with Crippen molar-refractivity contribution < 1.29 is 4.79 Å². The van der Waals surface area contributed by atoms with Gasteiger partial charge in [0, 0.05) is 74.4 Å². The van der Waals surface area contributed by atoms with Crippen molar-refractivity contribution in [2.45, 2.75) is 78.4 Å². The Kier molecular flexibility index (Phi) is 10.1. The maximum absolute atomic E-state index is 12.2. The van der Waals surface area contributed by atoms with Crippen LogP contribution in [0.4, 0.5) is 5.82 Å². The van der Waals surface area contributed by atoms with Gasteiger partial charge in [0.2, 0.25) is 0 Å². The van der Waals surface area contributed by atoms with E-state index in [4.69, 9.17) is 4.98 Å². The number of anilines is 1. The predicted molar refractivity (Wildman–Crippen MR) is 156 cm³/mol. The van der Waals surface area contributed by atoms with Gasteiger partial charge < -0.3 is 14.7 Å². The molecule has 3 rings (SSSR count). The molecule has 6 nitrogen and oxygen atoms in total. The molecule has 3 heterocycles. The highest BCUT2D eigenvalue weighted by atomic mass is 16.1. The number of likely N-dealkylation sites (tertiary alicyclic amines) is 1. The van der Waals surface area contributed by atoms with Crippen LogP contribution in [0.1, 0.15) is 59.9 Å². The summed E-state index contributed by atoms with van der Waals surface area (Å²) in [7, 11) is 2.16. The molecule has 37 heavy (non-hydrogen) atoms. The lowest BCUT2D eigenvalue weighted by atomic mass is 9.90. The van der Waals surface area contributed by atoms with Crippen LogP contribution < -0.4 is 4.90 Å². The molecule has 2 atom stereocenters. The topological polar surface area (TPSA) is 42.9 Å². The molecular weight excluding hydrogens is 458 g/mol.